The molecule has 3 aromatic rings. The quantitative estimate of drug-likeness (QED) is 0.620. The molecule has 0 aliphatic rings. The van der Waals surface area contributed by atoms with Crippen LogP contribution in [0.4, 0.5) is 0 Å². The standard InChI is InChI=1S/C20H21N3O5/c1-23(20(24)14-9-16(26-3)11-17(10-14)27-4)12-18-21-19(22-28-18)13-6-5-7-15(8-13)25-2/h5-11H,12H2,1-4H3. The first kappa shape index (κ1) is 19.2. The Morgan fingerprint density at radius 3 is 2.32 bits per heavy atom. The maximum atomic E-state index is 12.8. The van der Waals surface area contributed by atoms with Gasteiger partial charge in [0.25, 0.3) is 5.91 Å². The molecule has 1 aromatic heterocycles. The van der Waals surface area contributed by atoms with Crippen molar-refractivity contribution in [1.29, 1.82) is 0 Å². The van der Waals surface area contributed by atoms with Crippen molar-refractivity contribution in [2.24, 2.45) is 0 Å². The second-order valence-electron chi connectivity index (χ2n) is 6.01. The number of nitrogens with zero attached hydrogens (tertiary/aromatic N) is 3. The van der Waals surface area contributed by atoms with Crippen LogP contribution in [0.5, 0.6) is 17.2 Å². The molecule has 8 heteroatoms. The van der Waals surface area contributed by atoms with Gasteiger partial charge in [-0.25, -0.2) is 0 Å². The molecule has 0 spiro atoms. The van der Waals surface area contributed by atoms with Gasteiger partial charge in [-0.05, 0) is 24.3 Å². The van der Waals surface area contributed by atoms with Gasteiger partial charge in [0.15, 0.2) is 0 Å². The molecule has 0 N–H and O–H groups in total. The highest BCUT2D eigenvalue weighted by Crippen LogP contribution is 2.24. The smallest absolute Gasteiger partial charge is 0.254 e. The Balaban J connectivity index is 1.75. The van der Waals surface area contributed by atoms with E-state index in [2.05, 4.69) is 10.1 Å². The largest absolute Gasteiger partial charge is 0.497 e. The van der Waals surface area contributed by atoms with Crippen LogP contribution >= 0.6 is 0 Å². The third-order valence-electron chi connectivity index (χ3n) is 4.11. The van der Waals surface area contributed by atoms with Crippen LogP contribution in [0.3, 0.4) is 0 Å². The summed E-state index contributed by atoms with van der Waals surface area (Å²) in [6, 6.07) is 12.3. The Bertz CT molecular complexity index is 948. The van der Waals surface area contributed by atoms with Gasteiger partial charge in [-0.3, -0.25) is 4.79 Å². The fraction of sp³-hybridized carbons (Fsp3) is 0.250. The van der Waals surface area contributed by atoms with Gasteiger partial charge in [0.1, 0.15) is 17.2 Å². The van der Waals surface area contributed by atoms with E-state index in [1.54, 1.807) is 32.4 Å². The minimum Gasteiger partial charge on any atom is -0.497 e. The summed E-state index contributed by atoms with van der Waals surface area (Å²) in [7, 11) is 6.31. The summed E-state index contributed by atoms with van der Waals surface area (Å²) in [5.74, 6) is 2.30. The molecule has 146 valence electrons. The average Bonchev–Trinajstić information content (AvgIpc) is 3.21. The van der Waals surface area contributed by atoms with E-state index >= 15 is 0 Å². The normalized spacial score (nSPS) is 10.4. The summed E-state index contributed by atoms with van der Waals surface area (Å²) >= 11 is 0. The zero-order chi connectivity index (χ0) is 20.1. The number of hydrogen-bond donors (Lipinski definition) is 0. The number of benzene rings is 2. The number of rotatable bonds is 7. The molecular weight excluding hydrogens is 362 g/mol. The number of ether oxygens (including phenoxy) is 3. The van der Waals surface area contributed by atoms with E-state index < -0.39 is 0 Å². The highest BCUT2D eigenvalue weighted by molar-refractivity contribution is 5.94. The van der Waals surface area contributed by atoms with Gasteiger partial charge in [-0.1, -0.05) is 17.3 Å². The number of carbonyl (C=O) groups is 1. The highest BCUT2D eigenvalue weighted by Gasteiger charge is 2.18. The van der Waals surface area contributed by atoms with Crippen molar-refractivity contribution in [3.8, 4) is 28.6 Å². The zero-order valence-corrected chi connectivity index (χ0v) is 16.1. The van der Waals surface area contributed by atoms with Crippen LogP contribution in [0.2, 0.25) is 0 Å². The predicted molar refractivity (Wildman–Crippen MR) is 102 cm³/mol. The monoisotopic (exact) mass is 383 g/mol. The molecule has 28 heavy (non-hydrogen) atoms. The molecule has 0 aliphatic heterocycles. The van der Waals surface area contributed by atoms with Crippen molar-refractivity contribution >= 4 is 5.91 Å². The van der Waals surface area contributed by atoms with E-state index in [1.807, 2.05) is 24.3 Å². The number of carbonyl (C=O) groups excluding carboxylic acids is 1. The minimum absolute atomic E-state index is 0.162. The van der Waals surface area contributed by atoms with Crippen LogP contribution in [0.15, 0.2) is 47.0 Å². The SMILES string of the molecule is COc1cc(OC)cc(C(=O)N(C)Cc2nc(-c3cccc(OC)c3)no2)c1. The summed E-state index contributed by atoms with van der Waals surface area (Å²) in [5.41, 5.74) is 1.20. The number of hydrogen-bond acceptors (Lipinski definition) is 7. The minimum atomic E-state index is -0.224. The Hall–Kier alpha value is -3.55. The van der Waals surface area contributed by atoms with Gasteiger partial charge >= 0.3 is 0 Å². The Morgan fingerprint density at radius 1 is 1.00 bits per heavy atom. The molecular formula is C20H21N3O5. The summed E-state index contributed by atoms with van der Waals surface area (Å²) < 4.78 is 20.9. The Labute approximate surface area is 162 Å². The van der Waals surface area contributed by atoms with E-state index in [4.69, 9.17) is 18.7 Å². The fourth-order valence-corrected chi connectivity index (χ4v) is 2.62. The van der Waals surface area contributed by atoms with E-state index in [0.717, 1.165) is 5.56 Å². The van der Waals surface area contributed by atoms with Gasteiger partial charge < -0.3 is 23.6 Å². The molecule has 1 heterocycles. The lowest BCUT2D eigenvalue weighted by Gasteiger charge is -2.16. The third-order valence-corrected chi connectivity index (χ3v) is 4.11. The fourth-order valence-electron chi connectivity index (χ4n) is 2.62. The van der Waals surface area contributed by atoms with Crippen molar-refractivity contribution in [2.75, 3.05) is 28.4 Å². The number of aromatic nitrogens is 2. The third kappa shape index (κ3) is 4.22. The molecule has 0 atom stereocenters. The Morgan fingerprint density at radius 2 is 1.68 bits per heavy atom. The van der Waals surface area contributed by atoms with E-state index in [1.165, 1.54) is 19.1 Å². The number of amides is 1. The molecule has 0 aliphatic carbocycles. The summed E-state index contributed by atoms with van der Waals surface area (Å²) in [6.07, 6.45) is 0. The molecule has 0 bridgehead atoms. The topological polar surface area (TPSA) is 86.9 Å². The molecule has 0 fully saturated rings. The first-order valence-corrected chi connectivity index (χ1v) is 8.49. The number of methoxy groups -OCH3 is 3. The zero-order valence-electron chi connectivity index (χ0n) is 16.1. The van der Waals surface area contributed by atoms with E-state index in [-0.39, 0.29) is 12.5 Å². The van der Waals surface area contributed by atoms with Gasteiger partial charge in [0.2, 0.25) is 11.7 Å². The maximum absolute atomic E-state index is 12.8. The van der Waals surface area contributed by atoms with Crippen LogP contribution in [-0.2, 0) is 6.54 Å². The van der Waals surface area contributed by atoms with Crippen molar-refractivity contribution in [3.05, 3.63) is 53.9 Å². The average molecular weight is 383 g/mol. The summed E-state index contributed by atoms with van der Waals surface area (Å²) in [6.45, 7) is 0.162. The van der Waals surface area contributed by atoms with Crippen LogP contribution in [0.1, 0.15) is 16.2 Å². The van der Waals surface area contributed by atoms with E-state index in [0.29, 0.717) is 34.5 Å². The summed E-state index contributed by atoms with van der Waals surface area (Å²) in [4.78, 5) is 18.6. The van der Waals surface area contributed by atoms with Crippen molar-refractivity contribution in [3.63, 3.8) is 0 Å². The lowest BCUT2D eigenvalue weighted by atomic mass is 10.1. The van der Waals surface area contributed by atoms with Gasteiger partial charge in [0.05, 0.1) is 27.9 Å². The second-order valence-corrected chi connectivity index (χ2v) is 6.01. The highest BCUT2D eigenvalue weighted by atomic mass is 16.5. The maximum Gasteiger partial charge on any atom is 0.254 e. The van der Waals surface area contributed by atoms with E-state index in [9.17, 15) is 4.79 Å². The predicted octanol–water partition coefficient (Wildman–Crippen LogP) is 3.03. The van der Waals surface area contributed by atoms with Crippen molar-refractivity contribution < 1.29 is 23.5 Å². The molecule has 3 rings (SSSR count). The molecule has 1 amide bonds. The molecule has 0 saturated carbocycles. The van der Waals surface area contributed by atoms with Gasteiger partial charge in [-0.15, -0.1) is 0 Å². The van der Waals surface area contributed by atoms with Crippen LogP contribution < -0.4 is 14.2 Å². The van der Waals surface area contributed by atoms with Crippen molar-refractivity contribution in [2.45, 2.75) is 6.54 Å². The lowest BCUT2D eigenvalue weighted by molar-refractivity contribution is 0.0769. The molecule has 0 radical (unpaired) electrons. The Kier molecular flexibility index (Phi) is 5.78. The summed E-state index contributed by atoms with van der Waals surface area (Å²) in [5, 5.41) is 3.98. The lowest BCUT2D eigenvalue weighted by Crippen LogP contribution is -2.26. The van der Waals surface area contributed by atoms with Gasteiger partial charge in [-0.2, -0.15) is 4.98 Å². The van der Waals surface area contributed by atoms with Crippen molar-refractivity contribution in [1.82, 2.24) is 15.0 Å². The first-order valence-electron chi connectivity index (χ1n) is 8.49. The van der Waals surface area contributed by atoms with Crippen LogP contribution in [0, 0.1) is 0 Å². The molecule has 8 nitrogen and oxygen atoms in total. The van der Waals surface area contributed by atoms with Crippen LogP contribution in [-0.4, -0.2) is 49.3 Å². The first-order chi connectivity index (χ1) is 13.5. The van der Waals surface area contributed by atoms with Gasteiger partial charge in [0, 0.05) is 24.2 Å². The molecule has 0 unspecified atom stereocenters. The molecule has 2 aromatic carbocycles. The second kappa shape index (κ2) is 8.43. The molecule has 0 saturated heterocycles. The van der Waals surface area contributed by atoms with Crippen LogP contribution in [0.25, 0.3) is 11.4 Å².